The molecule has 0 radical (unpaired) electrons. The Labute approximate surface area is 112 Å². The van der Waals surface area contributed by atoms with E-state index in [1.54, 1.807) is 18.5 Å². The number of aromatic nitrogens is 3. The highest BCUT2D eigenvalue weighted by Crippen LogP contribution is 2.24. The number of carbonyl (C=O) groups excluding carboxylic acids is 1. The number of carbonyl (C=O) groups is 1. The maximum absolute atomic E-state index is 12.3. The zero-order valence-electron chi connectivity index (χ0n) is 11.4. The van der Waals surface area contributed by atoms with E-state index in [1.165, 1.54) is 4.68 Å². The van der Waals surface area contributed by atoms with E-state index >= 15 is 0 Å². The third kappa shape index (κ3) is 3.19. The van der Waals surface area contributed by atoms with Gasteiger partial charge in [-0.1, -0.05) is 20.8 Å². The lowest BCUT2D eigenvalue weighted by Crippen LogP contribution is -2.20. The predicted molar refractivity (Wildman–Crippen MR) is 74.6 cm³/mol. The van der Waals surface area contributed by atoms with Crippen molar-refractivity contribution in [2.24, 2.45) is 5.41 Å². The van der Waals surface area contributed by atoms with Gasteiger partial charge in [0.15, 0.2) is 0 Å². The van der Waals surface area contributed by atoms with Gasteiger partial charge in [-0.15, -0.1) is 5.10 Å². The van der Waals surface area contributed by atoms with Crippen molar-refractivity contribution < 1.29 is 4.79 Å². The first-order valence-corrected chi connectivity index (χ1v) is 6.16. The molecule has 0 aliphatic heterocycles. The van der Waals surface area contributed by atoms with Crippen molar-refractivity contribution in [2.75, 3.05) is 5.73 Å². The predicted octanol–water partition coefficient (Wildman–Crippen LogP) is 2.60. The summed E-state index contributed by atoms with van der Waals surface area (Å²) in [5, 5.41) is 4.10. The summed E-state index contributed by atoms with van der Waals surface area (Å²) >= 11 is 0. The average Bonchev–Trinajstić information content (AvgIpc) is 2.70. The van der Waals surface area contributed by atoms with Gasteiger partial charge in [0.05, 0.1) is 5.69 Å². The van der Waals surface area contributed by atoms with Gasteiger partial charge in [0, 0.05) is 30.4 Å². The molecule has 0 unspecified atom stereocenters. The Morgan fingerprint density at radius 1 is 1.32 bits per heavy atom. The molecule has 0 atom stereocenters. The highest BCUT2D eigenvalue weighted by atomic mass is 16.2. The fourth-order valence-electron chi connectivity index (χ4n) is 1.85. The van der Waals surface area contributed by atoms with Crippen molar-refractivity contribution in [3.8, 4) is 11.3 Å². The average molecular weight is 258 g/mol. The van der Waals surface area contributed by atoms with Crippen LogP contribution in [0.5, 0.6) is 0 Å². The van der Waals surface area contributed by atoms with Crippen LogP contribution in [0, 0.1) is 5.41 Å². The number of nitrogens with two attached hydrogens (primary N) is 1. The Morgan fingerprint density at radius 3 is 2.53 bits per heavy atom. The van der Waals surface area contributed by atoms with Gasteiger partial charge >= 0.3 is 0 Å². The fourth-order valence-corrected chi connectivity index (χ4v) is 1.85. The number of anilines is 1. The van der Waals surface area contributed by atoms with Gasteiger partial charge in [0.25, 0.3) is 0 Å². The molecule has 0 amide bonds. The van der Waals surface area contributed by atoms with Crippen LogP contribution in [0.3, 0.4) is 0 Å². The van der Waals surface area contributed by atoms with Gasteiger partial charge < -0.3 is 5.73 Å². The van der Waals surface area contributed by atoms with Crippen LogP contribution < -0.4 is 5.73 Å². The van der Waals surface area contributed by atoms with E-state index in [4.69, 9.17) is 5.73 Å². The van der Waals surface area contributed by atoms with Crippen molar-refractivity contribution >= 4 is 11.7 Å². The standard InChI is InChI=1S/C14H18N4O/c1-14(2,3)9-13(19)18-11(8-12(15)17-18)10-4-6-16-7-5-10/h4-8H,9H2,1-3H3,(H2,15,17). The molecule has 2 aromatic rings. The summed E-state index contributed by atoms with van der Waals surface area (Å²) in [6.07, 6.45) is 3.76. The molecule has 0 fully saturated rings. The van der Waals surface area contributed by atoms with Crippen LogP contribution in [0.1, 0.15) is 32.0 Å². The van der Waals surface area contributed by atoms with Crippen LogP contribution in [0.4, 0.5) is 5.82 Å². The number of nitrogen functional groups attached to an aromatic ring is 1. The lowest BCUT2D eigenvalue weighted by atomic mass is 9.92. The number of hydrogen-bond donors (Lipinski definition) is 1. The minimum absolute atomic E-state index is 0.0592. The van der Waals surface area contributed by atoms with Gasteiger partial charge in [-0.3, -0.25) is 9.78 Å². The van der Waals surface area contributed by atoms with Crippen molar-refractivity contribution in [1.29, 1.82) is 0 Å². The van der Waals surface area contributed by atoms with Gasteiger partial charge in [-0.05, 0) is 17.5 Å². The fraction of sp³-hybridized carbons (Fsp3) is 0.357. The molecule has 5 nitrogen and oxygen atoms in total. The summed E-state index contributed by atoms with van der Waals surface area (Å²) in [5.41, 5.74) is 7.21. The summed E-state index contributed by atoms with van der Waals surface area (Å²) in [7, 11) is 0. The van der Waals surface area contributed by atoms with Gasteiger partial charge in [0.2, 0.25) is 5.91 Å². The van der Waals surface area contributed by atoms with E-state index in [1.807, 2.05) is 32.9 Å². The number of rotatable bonds is 2. The molecule has 2 aromatic heterocycles. The third-order valence-electron chi connectivity index (χ3n) is 2.62. The topological polar surface area (TPSA) is 73.8 Å². The number of pyridine rings is 1. The van der Waals surface area contributed by atoms with Crippen LogP contribution >= 0.6 is 0 Å². The van der Waals surface area contributed by atoms with Gasteiger partial charge in [0.1, 0.15) is 5.82 Å². The van der Waals surface area contributed by atoms with Crippen molar-refractivity contribution in [2.45, 2.75) is 27.2 Å². The van der Waals surface area contributed by atoms with E-state index in [0.717, 1.165) is 5.56 Å². The molecule has 0 spiro atoms. The molecule has 0 saturated heterocycles. The summed E-state index contributed by atoms with van der Waals surface area (Å²) < 4.78 is 1.38. The molecule has 5 heteroatoms. The molecule has 100 valence electrons. The monoisotopic (exact) mass is 258 g/mol. The highest BCUT2D eigenvalue weighted by molar-refractivity contribution is 5.84. The maximum Gasteiger partial charge on any atom is 0.248 e. The molecule has 0 aromatic carbocycles. The van der Waals surface area contributed by atoms with Crippen LogP contribution in [0.15, 0.2) is 30.6 Å². The Morgan fingerprint density at radius 2 is 1.95 bits per heavy atom. The van der Waals surface area contributed by atoms with Crippen LogP contribution in [0.2, 0.25) is 0 Å². The van der Waals surface area contributed by atoms with Gasteiger partial charge in [-0.25, -0.2) is 0 Å². The van der Waals surface area contributed by atoms with Gasteiger partial charge in [-0.2, -0.15) is 4.68 Å². The second-order valence-corrected chi connectivity index (χ2v) is 5.73. The van der Waals surface area contributed by atoms with Crippen molar-refractivity contribution in [1.82, 2.24) is 14.8 Å². The number of hydrogen-bond acceptors (Lipinski definition) is 4. The highest BCUT2D eigenvalue weighted by Gasteiger charge is 2.21. The zero-order valence-corrected chi connectivity index (χ0v) is 11.4. The minimum Gasteiger partial charge on any atom is -0.382 e. The molecule has 2 rings (SSSR count). The molecular weight excluding hydrogens is 240 g/mol. The Hall–Kier alpha value is -2.17. The van der Waals surface area contributed by atoms with Crippen LogP contribution in [-0.2, 0) is 0 Å². The first kappa shape index (κ1) is 13.3. The molecule has 0 saturated carbocycles. The number of nitrogens with zero attached hydrogens (tertiary/aromatic N) is 3. The molecule has 19 heavy (non-hydrogen) atoms. The van der Waals surface area contributed by atoms with E-state index < -0.39 is 0 Å². The summed E-state index contributed by atoms with van der Waals surface area (Å²) in [6, 6.07) is 5.37. The second kappa shape index (κ2) is 4.84. The first-order chi connectivity index (χ1) is 8.87. The summed E-state index contributed by atoms with van der Waals surface area (Å²) in [5.74, 6) is 0.282. The van der Waals surface area contributed by atoms with E-state index in [9.17, 15) is 4.79 Å². The summed E-state index contributed by atoms with van der Waals surface area (Å²) in [6.45, 7) is 6.05. The third-order valence-corrected chi connectivity index (χ3v) is 2.62. The maximum atomic E-state index is 12.3. The lowest BCUT2D eigenvalue weighted by Gasteiger charge is -2.17. The van der Waals surface area contributed by atoms with E-state index in [-0.39, 0.29) is 11.3 Å². The lowest BCUT2D eigenvalue weighted by molar-refractivity contribution is 0.0843. The second-order valence-electron chi connectivity index (χ2n) is 5.73. The Bertz CT molecular complexity index is 581. The molecule has 2 N–H and O–H groups in total. The smallest absolute Gasteiger partial charge is 0.248 e. The largest absolute Gasteiger partial charge is 0.382 e. The molecule has 0 aliphatic carbocycles. The molecular formula is C14H18N4O. The minimum atomic E-state index is -0.0900. The van der Waals surface area contributed by atoms with E-state index in [0.29, 0.717) is 17.9 Å². The van der Waals surface area contributed by atoms with E-state index in [2.05, 4.69) is 10.1 Å². The quantitative estimate of drug-likeness (QED) is 0.898. The Balaban J connectivity index is 2.40. The Kier molecular flexibility index (Phi) is 3.38. The van der Waals surface area contributed by atoms with Crippen molar-refractivity contribution in [3.63, 3.8) is 0 Å². The molecule has 2 heterocycles. The zero-order chi connectivity index (χ0) is 14.0. The summed E-state index contributed by atoms with van der Waals surface area (Å²) in [4.78, 5) is 16.3. The van der Waals surface area contributed by atoms with Crippen LogP contribution in [-0.4, -0.2) is 20.7 Å². The normalized spacial score (nSPS) is 11.5. The molecule has 0 bridgehead atoms. The first-order valence-electron chi connectivity index (χ1n) is 6.16. The molecule has 0 aliphatic rings. The SMILES string of the molecule is CC(C)(C)CC(=O)n1nc(N)cc1-c1ccncc1. The van der Waals surface area contributed by atoms with Crippen molar-refractivity contribution in [3.05, 3.63) is 30.6 Å². The van der Waals surface area contributed by atoms with Crippen LogP contribution in [0.25, 0.3) is 11.3 Å².